The van der Waals surface area contributed by atoms with Crippen LogP contribution in [0.1, 0.15) is 12.8 Å². The maximum atomic E-state index is 10.6. The van der Waals surface area contributed by atoms with Gasteiger partial charge < -0.3 is 5.73 Å². The van der Waals surface area contributed by atoms with Crippen molar-refractivity contribution < 1.29 is 4.79 Å². The number of nitrogens with two attached hydrogens (primary N) is 1. The minimum absolute atomic E-state index is 0.213. The standard InChI is InChI=1S/C7H10N2O2/c1-2-6(4-3-5-8)7(10)9-11/h1,3-5,8H2. The van der Waals surface area contributed by atoms with Gasteiger partial charge in [0.25, 0.3) is 0 Å². The van der Waals surface area contributed by atoms with Crippen LogP contribution in [0.25, 0.3) is 0 Å². The fourth-order valence-corrected chi connectivity index (χ4v) is 0.605. The molecule has 0 fully saturated rings. The molecule has 0 aromatic carbocycles. The van der Waals surface area contributed by atoms with Crippen LogP contribution >= 0.6 is 0 Å². The van der Waals surface area contributed by atoms with Crippen molar-refractivity contribution in [2.24, 2.45) is 10.9 Å². The summed E-state index contributed by atoms with van der Waals surface area (Å²) in [5, 5.41) is 2.24. The van der Waals surface area contributed by atoms with Gasteiger partial charge in [0.2, 0.25) is 0 Å². The van der Waals surface area contributed by atoms with Gasteiger partial charge in [0.05, 0.1) is 5.57 Å². The van der Waals surface area contributed by atoms with Gasteiger partial charge in [-0.25, -0.2) is 0 Å². The van der Waals surface area contributed by atoms with Gasteiger partial charge in [-0.05, 0) is 19.4 Å². The molecule has 0 aliphatic carbocycles. The highest BCUT2D eigenvalue weighted by Crippen LogP contribution is 2.03. The van der Waals surface area contributed by atoms with Crippen LogP contribution in [-0.2, 0) is 4.79 Å². The molecule has 0 bridgehead atoms. The quantitative estimate of drug-likeness (QED) is 0.368. The van der Waals surface area contributed by atoms with Crippen LogP contribution in [0.5, 0.6) is 0 Å². The molecule has 1 amide bonds. The fourth-order valence-electron chi connectivity index (χ4n) is 0.605. The summed E-state index contributed by atoms with van der Waals surface area (Å²) >= 11 is 0. The van der Waals surface area contributed by atoms with Gasteiger partial charge in [0, 0.05) is 5.18 Å². The molecule has 0 aromatic rings. The maximum Gasteiger partial charge on any atom is 0.320 e. The molecule has 0 spiro atoms. The van der Waals surface area contributed by atoms with Crippen LogP contribution in [0.3, 0.4) is 0 Å². The molecule has 0 aromatic heterocycles. The second kappa shape index (κ2) is 5.53. The van der Waals surface area contributed by atoms with Crippen LogP contribution in [0.2, 0.25) is 0 Å². The first-order valence-corrected chi connectivity index (χ1v) is 3.23. The normalized spacial score (nSPS) is 8.45. The van der Waals surface area contributed by atoms with Gasteiger partial charge >= 0.3 is 5.91 Å². The van der Waals surface area contributed by atoms with Gasteiger partial charge in [0.1, 0.15) is 0 Å². The van der Waals surface area contributed by atoms with Crippen LogP contribution in [0.4, 0.5) is 0 Å². The second-order valence-corrected chi connectivity index (χ2v) is 1.94. The minimum atomic E-state index is -0.798. The first-order valence-electron chi connectivity index (χ1n) is 3.23. The van der Waals surface area contributed by atoms with Crippen molar-refractivity contribution in [3.05, 3.63) is 22.8 Å². The van der Waals surface area contributed by atoms with Gasteiger partial charge in [-0.3, -0.25) is 4.79 Å². The van der Waals surface area contributed by atoms with Crippen LogP contribution in [-0.4, -0.2) is 12.5 Å². The Balaban J connectivity index is 4.09. The first-order chi connectivity index (χ1) is 5.26. The van der Waals surface area contributed by atoms with Gasteiger partial charge in [-0.1, -0.05) is 6.58 Å². The SMILES string of the molecule is C=C=C(CCCN)C(=O)N=O. The van der Waals surface area contributed by atoms with Gasteiger partial charge in [0.15, 0.2) is 0 Å². The number of rotatable bonds is 4. The lowest BCUT2D eigenvalue weighted by Crippen LogP contribution is -2.02. The molecule has 2 N–H and O–H groups in total. The second-order valence-electron chi connectivity index (χ2n) is 1.94. The van der Waals surface area contributed by atoms with Crippen molar-refractivity contribution in [2.75, 3.05) is 6.54 Å². The lowest BCUT2D eigenvalue weighted by molar-refractivity contribution is -0.114. The van der Waals surface area contributed by atoms with E-state index in [1.54, 1.807) is 0 Å². The number of hydrogen-bond acceptors (Lipinski definition) is 3. The molecule has 0 aliphatic rings. The summed E-state index contributed by atoms with van der Waals surface area (Å²) in [5.41, 5.74) is 7.76. The highest BCUT2D eigenvalue weighted by atomic mass is 16.3. The first kappa shape index (κ1) is 9.75. The third kappa shape index (κ3) is 3.45. The zero-order valence-electron chi connectivity index (χ0n) is 6.17. The number of carbonyl (C=O) groups excluding carboxylic acids is 1. The molecule has 0 saturated heterocycles. The van der Waals surface area contributed by atoms with Crippen molar-refractivity contribution in [2.45, 2.75) is 12.8 Å². The largest absolute Gasteiger partial charge is 0.330 e. The molecule has 0 radical (unpaired) electrons. The Bertz CT molecular complexity index is 204. The van der Waals surface area contributed by atoms with E-state index >= 15 is 0 Å². The van der Waals surface area contributed by atoms with E-state index in [0.717, 1.165) is 0 Å². The summed E-state index contributed by atoms with van der Waals surface area (Å²) in [6.45, 7) is 3.73. The third-order valence-corrected chi connectivity index (χ3v) is 1.19. The Hall–Kier alpha value is -1.25. The summed E-state index contributed by atoms with van der Waals surface area (Å²) in [6, 6.07) is 0. The summed E-state index contributed by atoms with van der Waals surface area (Å²) in [7, 11) is 0. The molecule has 60 valence electrons. The van der Waals surface area contributed by atoms with Gasteiger partial charge in [-0.2, -0.15) is 0 Å². The zero-order chi connectivity index (χ0) is 8.69. The van der Waals surface area contributed by atoms with E-state index in [-0.39, 0.29) is 5.57 Å². The number of hydrogen-bond donors (Lipinski definition) is 1. The topological polar surface area (TPSA) is 72.5 Å². The summed E-state index contributed by atoms with van der Waals surface area (Å²) in [5.74, 6) is -0.798. The molecule has 0 saturated carbocycles. The zero-order valence-corrected chi connectivity index (χ0v) is 6.17. The highest BCUT2D eigenvalue weighted by molar-refractivity contribution is 5.93. The van der Waals surface area contributed by atoms with E-state index < -0.39 is 5.91 Å². The fraction of sp³-hybridized carbons (Fsp3) is 0.429. The number of amides is 1. The number of carbonyl (C=O) groups is 1. The van der Waals surface area contributed by atoms with E-state index in [9.17, 15) is 9.70 Å². The molecular weight excluding hydrogens is 144 g/mol. The van der Waals surface area contributed by atoms with Crippen LogP contribution < -0.4 is 5.73 Å². The van der Waals surface area contributed by atoms with Crippen molar-refractivity contribution in [3.63, 3.8) is 0 Å². The van der Waals surface area contributed by atoms with Crippen molar-refractivity contribution >= 4 is 5.91 Å². The molecule has 0 atom stereocenters. The Morgan fingerprint density at radius 2 is 2.27 bits per heavy atom. The summed E-state index contributed by atoms with van der Waals surface area (Å²) in [4.78, 5) is 20.3. The van der Waals surface area contributed by atoms with Crippen LogP contribution in [0.15, 0.2) is 23.1 Å². The van der Waals surface area contributed by atoms with E-state index in [1.165, 1.54) is 0 Å². The molecule has 4 heteroatoms. The molecule has 0 heterocycles. The Morgan fingerprint density at radius 3 is 2.64 bits per heavy atom. The molecule has 0 aliphatic heterocycles. The maximum absolute atomic E-state index is 10.6. The molecule has 0 unspecified atom stereocenters. The molecular formula is C7H10N2O2. The lowest BCUT2D eigenvalue weighted by atomic mass is 10.1. The van der Waals surface area contributed by atoms with Crippen molar-refractivity contribution in [3.8, 4) is 0 Å². The number of nitroso groups, excluding NO2 is 1. The molecule has 4 nitrogen and oxygen atoms in total. The summed E-state index contributed by atoms with van der Waals surface area (Å²) < 4.78 is 0. The minimum Gasteiger partial charge on any atom is -0.330 e. The van der Waals surface area contributed by atoms with Crippen molar-refractivity contribution in [1.29, 1.82) is 0 Å². The third-order valence-electron chi connectivity index (χ3n) is 1.19. The van der Waals surface area contributed by atoms with E-state index in [2.05, 4.69) is 17.5 Å². The van der Waals surface area contributed by atoms with Crippen molar-refractivity contribution in [1.82, 2.24) is 0 Å². The Morgan fingerprint density at radius 1 is 1.64 bits per heavy atom. The summed E-state index contributed by atoms with van der Waals surface area (Å²) in [6.07, 6.45) is 1.06. The number of nitrogens with zero attached hydrogens (tertiary/aromatic N) is 1. The Kier molecular flexibility index (Phi) is 4.90. The smallest absolute Gasteiger partial charge is 0.320 e. The van der Waals surface area contributed by atoms with E-state index in [4.69, 9.17) is 5.73 Å². The van der Waals surface area contributed by atoms with Gasteiger partial charge in [-0.15, -0.1) is 10.6 Å². The molecule has 0 rings (SSSR count). The lowest BCUT2D eigenvalue weighted by Gasteiger charge is -1.94. The predicted octanol–water partition coefficient (Wildman–Crippen LogP) is 0.730. The van der Waals surface area contributed by atoms with E-state index in [1.807, 2.05) is 0 Å². The van der Waals surface area contributed by atoms with Crippen LogP contribution in [0, 0.1) is 4.91 Å². The Labute approximate surface area is 64.7 Å². The highest BCUT2D eigenvalue weighted by Gasteiger charge is 2.06. The predicted molar refractivity (Wildman–Crippen MR) is 41.7 cm³/mol. The van der Waals surface area contributed by atoms with E-state index in [0.29, 0.717) is 19.4 Å². The molecule has 11 heavy (non-hydrogen) atoms. The monoisotopic (exact) mass is 154 g/mol. The average Bonchev–Trinajstić information content (AvgIpc) is 2.05. The average molecular weight is 154 g/mol.